The van der Waals surface area contributed by atoms with Gasteiger partial charge in [-0.25, -0.2) is 22.9 Å². The van der Waals surface area contributed by atoms with Crippen molar-refractivity contribution in [1.29, 1.82) is 0 Å². The second kappa shape index (κ2) is 12.6. The molecule has 0 spiro atoms. The minimum Gasteiger partial charge on any atom is -0.461 e. The predicted octanol–water partition coefficient (Wildman–Crippen LogP) is 1.78. The fourth-order valence-electron chi connectivity index (χ4n) is 4.79. The van der Waals surface area contributed by atoms with E-state index in [-0.39, 0.29) is 50.3 Å². The number of imidazole rings is 1. The fraction of sp³-hybridized carbons (Fsp3) is 0.560. The molecule has 2 aromatic rings. The lowest BCUT2D eigenvalue weighted by atomic mass is 10.0. The first-order chi connectivity index (χ1) is 18.9. The van der Waals surface area contributed by atoms with Gasteiger partial charge in [0.25, 0.3) is 0 Å². The Hall–Kier alpha value is -3.17. The molecule has 1 aromatic carbocycles. The van der Waals surface area contributed by atoms with Crippen LogP contribution in [0, 0.1) is 17.5 Å². The maximum Gasteiger partial charge on any atom is 0.449 e. The molecule has 3 N–H and O–H groups in total. The molecule has 2 aliphatic heterocycles. The number of esters is 1. The summed E-state index contributed by atoms with van der Waals surface area (Å²) >= 11 is 0. The summed E-state index contributed by atoms with van der Waals surface area (Å²) in [6, 6.07) is 0.372. The molecule has 0 aliphatic carbocycles. The Morgan fingerprint density at radius 3 is 2.45 bits per heavy atom. The smallest absolute Gasteiger partial charge is 0.449 e. The number of ether oxygens (including phenoxy) is 2. The minimum absolute atomic E-state index is 0.0176. The number of carbonyl (C=O) groups is 2. The van der Waals surface area contributed by atoms with Gasteiger partial charge in [-0.05, 0) is 18.1 Å². The highest BCUT2D eigenvalue weighted by molar-refractivity contribution is 5.89. The topological polar surface area (TPSA) is 105 Å². The number of hydrogen-bond donors (Lipinski definition) is 1. The number of quaternary nitrogens is 1. The summed E-state index contributed by atoms with van der Waals surface area (Å²) in [5.41, 5.74) is 3.02. The van der Waals surface area contributed by atoms with E-state index in [4.69, 9.17) is 9.47 Å². The number of alkyl halides is 3. The number of rotatable bonds is 9. The first-order valence-electron chi connectivity index (χ1n) is 12.8. The zero-order chi connectivity index (χ0) is 29.0. The third-order valence-corrected chi connectivity index (χ3v) is 6.82. The van der Waals surface area contributed by atoms with Gasteiger partial charge in [0.2, 0.25) is 11.7 Å². The summed E-state index contributed by atoms with van der Waals surface area (Å²) in [6.45, 7) is 2.63. The molecule has 4 rings (SSSR count). The average Bonchev–Trinajstić information content (AvgIpc) is 3.30. The molecule has 0 unspecified atom stereocenters. The Balaban J connectivity index is 1.40. The molecule has 0 radical (unpaired) electrons. The standard InChI is InChI=1S/C25H29F6N5O4/c26-17-13-19(28)18(27)11-15(17)10-16(32)12-21(37)35-3-4-36-20(14-35)22(33-24(36)25(29,30)31)23(38)40-7-1-2-34-5-8-39-9-6-34/h11,13,16H,1-10,12,14,32H2/p+1/t16-/m1/s1. The van der Waals surface area contributed by atoms with Gasteiger partial charge >= 0.3 is 12.1 Å². The third kappa shape index (κ3) is 7.12. The molecular weight excluding hydrogens is 548 g/mol. The number of fused-ring (bicyclic) bond motifs is 1. The SMILES string of the molecule is [NH3+][C@@H](CC(=O)N1CCn2c(C(F)(F)F)nc(C(=O)OCCCN3CCOCC3)c2C1)Cc1cc(F)c(F)cc1F. The number of benzene rings is 1. The monoisotopic (exact) mass is 578 g/mol. The Kier molecular flexibility index (Phi) is 9.36. The van der Waals surface area contributed by atoms with Crippen LogP contribution in [0.25, 0.3) is 0 Å². The fourth-order valence-corrected chi connectivity index (χ4v) is 4.79. The van der Waals surface area contributed by atoms with Gasteiger partial charge in [-0.2, -0.15) is 13.2 Å². The van der Waals surface area contributed by atoms with Gasteiger partial charge in [0.1, 0.15) is 5.82 Å². The van der Waals surface area contributed by atoms with Crippen LogP contribution >= 0.6 is 0 Å². The molecule has 3 heterocycles. The van der Waals surface area contributed by atoms with Crippen LogP contribution in [-0.2, 0) is 40.0 Å². The molecule has 1 saturated heterocycles. The molecular formula is C25H30F6N5O4+. The molecule has 1 atom stereocenters. The number of amides is 1. The summed E-state index contributed by atoms with van der Waals surface area (Å²) in [6.07, 6.45) is -4.76. The highest BCUT2D eigenvalue weighted by atomic mass is 19.4. The summed E-state index contributed by atoms with van der Waals surface area (Å²) < 4.78 is 93.0. The lowest BCUT2D eigenvalue weighted by molar-refractivity contribution is -0.418. The molecule has 40 heavy (non-hydrogen) atoms. The number of hydrogen-bond acceptors (Lipinski definition) is 6. The van der Waals surface area contributed by atoms with Crippen molar-refractivity contribution in [3.63, 3.8) is 0 Å². The van der Waals surface area contributed by atoms with Crippen LogP contribution in [0.1, 0.15) is 40.4 Å². The number of morpholine rings is 1. The Morgan fingerprint density at radius 2 is 1.75 bits per heavy atom. The third-order valence-electron chi connectivity index (χ3n) is 6.82. The van der Waals surface area contributed by atoms with E-state index in [1.165, 1.54) is 4.90 Å². The van der Waals surface area contributed by atoms with Crippen molar-refractivity contribution in [2.75, 3.05) is 46.0 Å². The van der Waals surface area contributed by atoms with Gasteiger partial charge < -0.3 is 24.7 Å². The van der Waals surface area contributed by atoms with Crippen molar-refractivity contribution >= 4 is 11.9 Å². The van der Waals surface area contributed by atoms with Crippen molar-refractivity contribution in [1.82, 2.24) is 19.4 Å². The van der Waals surface area contributed by atoms with Crippen LogP contribution in [0.4, 0.5) is 26.3 Å². The maximum atomic E-state index is 14.0. The second-order valence-electron chi connectivity index (χ2n) is 9.77. The van der Waals surface area contributed by atoms with E-state index >= 15 is 0 Å². The zero-order valence-corrected chi connectivity index (χ0v) is 21.6. The van der Waals surface area contributed by atoms with Crippen molar-refractivity contribution in [3.8, 4) is 0 Å². The molecule has 220 valence electrons. The summed E-state index contributed by atoms with van der Waals surface area (Å²) in [4.78, 5) is 32.6. The van der Waals surface area contributed by atoms with Gasteiger partial charge in [0.15, 0.2) is 17.3 Å². The van der Waals surface area contributed by atoms with E-state index < -0.39 is 53.1 Å². The van der Waals surface area contributed by atoms with Crippen LogP contribution < -0.4 is 5.73 Å². The van der Waals surface area contributed by atoms with Crippen molar-refractivity contribution in [2.24, 2.45) is 0 Å². The molecule has 1 aromatic heterocycles. The molecule has 2 aliphatic rings. The highest BCUT2D eigenvalue weighted by Gasteiger charge is 2.42. The maximum absolute atomic E-state index is 14.0. The van der Waals surface area contributed by atoms with Gasteiger partial charge in [0.05, 0.1) is 44.5 Å². The van der Waals surface area contributed by atoms with E-state index in [0.717, 1.165) is 17.7 Å². The highest BCUT2D eigenvalue weighted by Crippen LogP contribution is 2.32. The Morgan fingerprint density at radius 1 is 1.05 bits per heavy atom. The lowest BCUT2D eigenvalue weighted by Crippen LogP contribution is -2.63. The number of aromatic nitrogens is 2. The van der Waals surface area contributed by atoms with Crippen LogP contribution in [0.15, 0.2) is 12.1 Å². The Bertz CT molecular complexity index is 1230. The summed E-state index contributed by atoms with van der Waals surface area (Å²) in [7, 11) is 0. The van der Waals surface area contributed by atoms with Gasteiger partial charge in [-0.3, -0.25) is 9.69 Å². The molecule has 9 nitrogen and oxygen atoms in total. The van der Waals surface area contributed by atoms with Crippen LogP contribution in [0.3, 0.4) is 0 Å². The average molecular weight is 579 g/mol. The van der Waals surface area contributed by atoms with Crippen LogP contribution in [-0.4, -0.2) is 83.3 Å². The van der Waals surface area contributed by atoms with E-state index in [2.05, 4.69) is 15.6 Å². The van der Waals surface area contributed by atoms with E-state index in [1.54, 1.807) is 0 Å². The summed E-state index contributed by atoms with van der Waals surface area (Å²) in [5, 5.41) is 0. The molecule has 15 heteroatoms. The normalized spacial score (nSPS) is 17.0. The van der Waals surface area contributed by atoms with E-state index in [9.17, 15) is 35.9 Å². The van der Waals surface area contributed by atoms with Gasteiger partial charge in [-0.1, -0.05) is 0 Å². The van der Waals surface area contributed by atoms with Crippen molar-refractivity contribution < 1.29 is 51.1 Å². The number of halogens is 6. The molecule has 0 bridgehead atoms. The first kappa shape index (κ1) is 29.8. The largest absolute Gasteiger partial charge is 0.461 e. The van der Waals surface area contributed by atoms with Crippen molar-refractivity contribution in [2.45, 2.75) is 44.6 Å². The lowest BCUT2D eigenvalue weighted by Gasteiger charge is -2.30. The number of carbonyl (C=O) groups excluding carboxylic acids is 2. The van der Waals surface area contributed by atoms with Gasteiger partial charge in [0, 0.05) is 45.2 Å². The van der Waals surface area contributed by atoms with Crippen LogP contribution in [0.2, 0.25) is 0 Å². The molecule has 1 amide bonds. The van der Waals surface area contributed by atoms with Crippen molar-refractivity contribution in [3.05, 3.63) is 52.4 Å². The first-order valence-corrected chi connectivity index (χ1v) is 12.8. The summed E-state index contributed by atoms with van der Waals surface area (Å²) in [5.74, 6) is -6.32. The number of nitrogens with zero attached hydrogens (tertiary/aromatic N) is 4. The molecule has 0 saturated carbocycles. The Labute approximate surface area is 225 Å². The quantitative estimate of drug-likeness (QED) is 0.211. The minimum atomic E-state index is -4.83. The molecule has 1 fully saturated rings. The van der Waals surface area contributed by atoms with E-state index in [1.807, 2.05) is 0 Å². The second-order valence-corrected chi connectivity index (χ2v) is 9.77. The zero-order valence-electron chi connectivity index (χ0n) is 21.6. The van der Waals surface area contributed by atoms with Gasteiger partial charge in [-0.15, -0.1) is 0 Å². The predicted molar refractivity (Wildman–Crippen MR) is 126 cm³/mol. The van der Waals surface area contributed by atoms with E-state index in [0.29, 0.717) is 38.3 Å². The van der Waals surface area contributed by atoms with Crippen LogP contribution in [0.5, 0.6) is 0 Å².